The van der Waals surface area contributed by atoms with Crippen LogP contribution < -0.4 is 14.2 Å². The van der Waals surface area contributed by atoms with Crippen LogP contribution in [0.2, 0.25) is 0 Å². The van der Waals surface area contributed by atoms with Gasteiger partial charge in [0.2, 0.25) is 17.9 Å². The van der Waals surface area contributed by atoms with E-state index in [9.17, 15) is 52.7 Å². The van der Waals surface area contributed by atoms with Crippen LogP contribution in [0.3, 0.4) is 0 Å². The fraction of sp³-hybridized carbons (Fsp3) is 0.255. The van der Waals surface area contributed by atoms with Crippen molar-refractivity contribution < 1.29 is 66.9 Å². The third-order valence-corrected chi connectivity index (χ3v) is 25.0. The summed E-state index contributed by atoms with van der Waals surface area (Å²) in [7, 11) is 0. The number of fused-ring (bicyclic) bond motifs is 8. The molecule has 0 bridgehead atoms. The minimum absolute atomic E-state index is 0.0406. The second-order valence-corrected chi connectivity index (χ2v) is 36.0. The second kappa shape index (κ2) is 42.2. The van der Waals surface area contributed by atoms with E-state index < -0.39 is 70.2 Å². The molecule has 28 heteroatoms. The van der Waals surface area contributed by atoms with Crippen LogP contribution in [0.25, 0.3) is 67.1 Å². The van der Waals surface area contributed by atoms with Crippen LogP contribution in [0, 0.1) is 80.0 Å². The summed E-state index contributed by atoms with van der Waals surface area (Å²) in [5.74, 6) is -7.48. The van der Waals surface area contributed by atoms with Gasteiger partial charge in [0.25, 0.3) is 0 Å². The standard InChI is InChI=1S/C16H15N3.C16H17NO.C15H13F2NO.C15H13N3O.C12H10ClF2N.2C12H10F3N.C12H11F2N/c1-10-6-14(8-17-10)11-4-5-15-12(7-11)2-3-13-9-18-19-16(13)15;1-10-6-14-5-4-13(8-16(14)18-9-10)15-7-11(2)17-12(15)3;1-8-5-10-3-4-11(13(16)14(10)19-7-8)12-6-9(2)18-15(12)17;1-9-4-11(6-16-9)10-2-3-13-14(5-10)19-8-12-7-17-18-15(12)13;1-6-3-4-8(11(15)10(6)14)9-5-7(2)16-12(9)13;2*1-6-3-4-8(11(14)10(6)13)9-5-7(2)16-12(9)15;1-7-3-4-10(12(14)11(7)13)9-5-8(2)15-6-9/h4-5,7-9H,2-3,6H2,1H3,(H,18,19);4-5,8H,1,6-7,9H2,2-3H3;3-4H,1,5-7H2,2H3;2-3,5-7H,4,8H2,1H3,(H,17,18);3*3-4H,5H2,1-2H3;3-4,6H,5H2,1-2H3. The molecule has 10 aromatic rings. The molecule has 0 atom stereocenters. The Morgan fingerprint density at radius 3 is 1.15 bits per heavy atom. The molecular formula is C110H99ClF12N12O3. The van der Waals surface area contributed by atoms with Gasteiger partial charge in [0.15, 0.2) is 58.1 Å². The predicted molar refractivity (Wildman–Crippen MR) is 529 cm³/mol. The number of aromatic nitrogens is 4. The van der Waals surface area contributed by atoms with Crippen LogP contribution in [-0.2, 0) is 32.3 Å². The van der Waals surface area contributed by atoms with Crippen molar-refractivity contribution in [1.82, 2.24) is 20.4 Å². The van der Waals surface area contributed by atoms with Gasteiger partial charge in [-0.3, -0.25) is 30.2 Å². The Kier molecular flexibility index (Phi) is 30.0. The summed E-state index contributed by atoms with van der Waals surface area (Å²) >= 11 is 5.87. The molecule has 2 aromatic heterocycles. The number of H-pyrrole nitrogens is 2. The van der Waals surface area contributed by atoms with Crippen molar-refractivity contribution in [2.75, 3.05) is 13.2 Å². The van der Waals surface area contributed by atoms with E-state index >= 15 is 0 Å². The van der Waals surface area contributed by atoms with E-state index in [2.05, 4.69) is 156 Å². The number of hydrogen-bond donors (Lipinski definition) is 2. The highest BCUT2D eigenvalue weighted by molar-refractivity contribution is 6.35. The van der Waals surface area contributed by atoms with E-state index in [0.717, 1.165) is 112 Å². The van der Waals surface area contributed by atoms with Crippen molar-refractivity contribution in [2.45, 2.75) is 174 Å². The summed E-state index contributed by atoms with van der Waals surface area (Å²) in [4.78, 5) is 32.2. The molecule has 0 amide bonds. The number of nitrogens with zero attached hydrogens (tertiary/aromatic N) is 10. The zero-order chi connectivity index (χ0) is 98.5. The van der Waals surface area contributed by atoms with E-state index in [0.29, 0.717) is 84.9 Å². The van der Waals surface area contributed by atoms with Gasteiger partial charge in [0.05, 0.1) is 23.8 Å². The number of aliphatic imine (C=N–C) groups is 8. The van der Waals surface area contributed by atoms with Gasteiger partial charge in [-0.1, -0.05) is 122 Å². The third kappa shape index (κ3) is 21.9. The van der Waals surface area contributed by atoms with Crippen molar-refractivity contribution in [3.8, 4) is 39.8 Å². The molecule has 0 saturated heterocycles. The summed E-state index contributed by atoms with van der Waals surface area (Å²) in [6, 6.07) is 34.8. The lowest BCUT2D eigenvalue weighted by Gasteiger charge is -2.21. The van der Waals surface area contributed by atoms with Crippen LogP contribution >= 0.6 is 11.6 Å². The third-order valence-electron chi connectivity index (χ3n) is 24.7. The maximum absolute atomic E-state index is 14.4. The van der Waals surface area contributed by atoms with Crippen LogP contribution in [0.5, 0.6) is 17.2 Å². The zero-order valence-corrected chi connectivity index (χ0v) is 79.2. The molecule has 0 spiro atoms. The number of ether oxygens (including phenoxy) is 3. The van der Waals surface area contributed by atoms with E-state index in [-0.39, 0.29) is 73.8 Å². The van der Waals surface area contributed by atoms with Crippen molar-refractivity contribution in [2.24, 2.45) is 39.9 Å². The Morgan fingerprint density at radius 2 is 0.674 bits per heavy atom. The largest absolute Gasteiger partial charge is 0.489 e. The van der Waals surface area contributed by atoms with Crippen molar-refractivity contribution >= 4 is 102 Å². The van der Waals surface area contributed by atoms with Crippen LogP contribution in [0.15, 0.2) is 239 Å². The molecular weight excluding hydrogens is 1800 g/mol. The lowest BCUT2D eigenvalue weighted by Crippen LogP contribution is -2.13. The highest BCUT2D eigenvalue weighted by Crippen LogP contribution is 2.45. The first-order valence-electron chi connectivity index (χ1n) is 44.8. The Bertz CT molecular complexity index is 6900. The number of halogens is 13. The molecule has 22 rings (SSSR count). The predicted octanol–water partition coefficient (Wildman–Crippen LogP) is 29.2. The molecule has 0 fully saturated rings. The van der Waals surface area contributed by atoms with Crippen LogP contribution in [0.4, 0.5) is 52.7 Å². The summed E-state index contributed by atoms with van der Waals surface area (Å²) in [5.41, 5.74) is 31.9. The Balaban J connectivity index is 0.000000120. The normalized spacial score (nSPS) is 16.6. The summed E-state index contributed by atoms with van der Waals surface area (Å²) in [5, 5.41) is 14.7. The first-order chi connectivity index (χ1) is 65.9. The number of aromatic amines is 2. The van der Waals surface area contributed by atoms with Crippen LogP contribution in [-0.4, -0.2) is 79.3 Å². The number of allylic oxidation sites excluding steroid dienone is 9. The van der Waals surface area contributed by atoms with Gasteiger partial charge in [0.1, 0.15) is 36.5 Å². The highest BCUT2D eigenvalue weighted by Gasteiger charge is 2.31. The smallest absolute Gasteiger partial charge is 0.217 e. The first kappa shape index (κ1) is 98.3. The van der Waals surface area contributed by atoms with Crippen LogP contribution in [0.1, 0.15) is 208 Å². The fourth-order valence-corrected chi connectivity index (χ4v) is 17.6. The maximum atomic E-state index is 14.4. The SMILES string of the molecule is C=C1COc2c(ccc(C3=C(F)N=C(C)C3)c2F)C1.C=C1COc2cc(C3=C(C)N=C(C)C3)ccc2C1.CC1=NC(Cl)=C(c2ccc(C)c(F)c2F)C1.CC1=NC(F)=C(c2ccc(C)c(F)c2F)C1.CC1=NC(F)=C(c2ccc(C)c(F)c2F)C1.CC1=NC=C(c2ccc(C)c(F)c2F)C1.CC1=NC=C(c2ccc3c(c2)CCc2cn[nH]c2-3)C1.CC1=NC=C(c2ccc3c(c2)OCc2cn[nH]c2-3)C1. The molecule has 11 aliphatic heterocycles. The average Bonchev–Trinajstić information content (AvgIpc) is 1.59. The van der Waals surface area contributed by atoms with Gasteiger partial charge in [-0.15, -0.1) is 0 Å². The van der Waals surface area contributed by atoms with E-state index in [4.69, 9.17) is 25.8 Å². The molecule has 8 aromatic carbocycles. The van der Waals surface area contributed by atoms with E-state index in [1.54, 1.807) is 77.2 Å². The molecule has 0 saturated carbocycles. The molecule has 708 valence electrons. The summed E-state index contributed by atoms with van der Waals surface area (Å²) < 4.78 is 179. The number of rotatable bonds is 8. The zero-order valence-electron chi connectivity index (χ0n) is 78.5. The van der Waals surface area contributed by atoms with Gasteiger partial charge >= 0.3 is 0 Å². The van der Waals surface area contributed by atoms with Gasteiger partial charge < -0.3 is 14.2 Å². The Morgan fingerprint density at radius 1 is 0.297 bits per heavy atom. The highest BCUT2D eigenvalue weighted by atomic mass is 35.5. The first-order valence-corrected chi connectivity index (χ1v) is 45.2. The molecule has 15 nitrogen and oxygen atoms in total. The molecule has 0 radical (unpaired) electrons. The number of benzene rings is 8. The molecule has 0 unspecified atom stereocenters. The van der Waals surface area contributed by atoms with Gasteiger partial charge in [-0.25, -0.2) is 59.5 Å². The minimum atomic E-state index is -1.00. The second-order valence-electron chi connectivity index (χ2n) is 35.7. The maximum Gasteiger partial charge on any atom is 0.217 e. The Labute approximate surface area is 797 Å². The Hall–Kier alpha value is -14.2. The molecule has 1 aliphatic carbocycles. The number of nitrogens with one attached hydrogen (secondary N) is 2. The average molecular weight is 1900 g/mol. The molecule has 13 heterocycles. The van der Waals surface area contributed by atoms with E-state index in [1.807, 2.05) is 31.7 Å². The minimum Gasteiger partial charge on any atom is -0.489 e. The van der Waals surface area contributed by atoms with Gasteiger partial charge in [0, 0.05) is 207 Å². The lowest BCUT2D eigenvalue weighted by molar-refractivity contribution is 0.302. The fourth-order valence-electron chi connectivity index (χ4n) is 17.3. The van der Waals surface area contributed by atoms with Gasteiger partial charge in [-0.2, -0.15) is 23.4 Å². The molecule has 12 aliphatic rings. The van der Waals surface area contributed by atoms with Crippen molar-refractivity contribution in [3.63, 3.8) is 0 Å². The monoisotopic (exact) mass is 1900 g/mol. The quantitative estimate of drug-likeness (QED) is 0.0870. The van der Waals surface area contributed by atoms with Crippen molar-refractivity contribution in [1.29, 1.82) is 0 Å². The number of hydrogen-bond acceptors (Lipinski definition) is 13. The summed E-state index contributed by atoms with van der Waals surface area (Å²) in [6.07, 6.45) is 17.8. The van der Waals surface area contributed by atoms with E-state index in [1.165, 1.54) is 118 Å². The number of aryl methyl sites for hydroxylation is 6. The lowest BCUT2D eigenvalue weighted by atomic mass is 9.88. The molecule has 138 heavy (non-hydrogen) atoms. The summed E-state index contributed by atoms with van der Waals surface area (Å²) in [6.45, 7) is 32.3. The van der Waals surface area contributed by atoms with Crippen molar-refractivity contribution in [3.05, 3.63) is 346 Å². The molecule has 2 N–H and O–H groups in total. The topological polar surface area (TPSA) is 184 Å². The van der Waals surface area contributed by atoms with Gasteiger partial charge in [-0.05, 0) is 210 Å².